The van der Waals surface area contributed by atoms with Gasteiger partial charge in [0, 0.05) is 45.5 Å². The highest BCUT2D eigenvalue weighted by atomic mass is 16.5. The summed E-state index contributed by atoms with van der Waals surface area (Å²) in [5.74, 6) is 2.96. The molecule has 0 bridgehead atoms. The molecule has 0 saturated carbocycles. The summed E-state index contributed by atoms with van der Waals surface area (Å²) < 4.78 is 11.2. The largest absolute Gasteiger partial charge is 0.497 e. The molecular formula is C28H30N2O2. The monoisotopic (exact) mass is 426 g/mol. The zero-order chi connectivity index (χ0) is 22.2. The third kappa shape index (κ3) is 2.62. The van der Waals surface area contributed by atoms with Crippen LogP contribution in [0.15, 0.2) is 54.2 Å². The lowest BCUT2D eigenvalue weighted by molar-refractivity contribution is 0.173. The highest BCUT2D eigenvalue weighted by Gasteiger charge is 2.52. The Kier molecular flexibility index (Phi) is 4.08. The Morgan fingerprint density at radius 1 is 0.938 bits per heavy atom. The molecule has 4 heteroatoms. The van der Waals surface area contributed by atoms with Crippen molar-refractivity contribution in [3.05, 3.63) is 71.1 Å². The molecule has 2 aromatic heterocycles. The van der Waals surface area contributed by atoms with E-state index in [0.29, 0.717) is 11.8 Å². The van der Waals surface area contributed by atoms with Crippen LogP contribution in [0.3, 0.4) is 0 Å². The first kappa shape index (κ1) is 19.5. The maximum Gasteiger partial charge on any atom is 0.119 e. The van der Waals surface area contributed by atoms with Crippen LogP contribution in [-0.2, 0) is 0 Å². The molecule has 2 N–H and O–H groups in total. The van der Waals surface area contributed by atoms with E-state index < -0.39 is 0 Å². The minimum absolute atomic E-state index is 0.182. The molecule has 4 aromatic rings. The minimum Gasteiger partial charge on any atom is -0.497 e. The lowest BCUT2D eigenvalue weighted by atomic mass is 9.61. The van der Waals surface area contributed by atoms with Crippen LogP contribution in [0.4, 0.5) is 0 Å². The summed E-state index contributed by atoms with van der Waals surface area (Å²) in [6.07, 6.45) is 5.87. The number of benzene rings is 2. The normalized spacial score (nSPS) is 23.8. The van der Waals surface area contributed by atoms with E-state index >= 15 is 0 Å². The number of aromatic nitrogens is 2. The molecule has 4 nitrogen and oxygen atoms in total. The topological polar surface area (TPSA) is 50.0 Å². The molecule has 6 rings (SSSR count). The molecule has 0 saturated heterocycles. The number of aromatic amines is 2. The number of allylic oxidation sites excluding steroid dienone is 2. The third-order valence-corrected chi connectivity index (χ3v) is 7.82. The summed E-state index contributed by atoms with van der Waals surface area (Å²) in [7, 11) is 3.48. The fourth-order valence-electron chi connectivity index (χ4n) is 6.69. The zero-order valence-corrected chi connectivity index (χ0v) is 19.4. The molecule has 0 amide bonds. The summed E-state index contributed by atoms with van der Waals surface area (Å²) >= 11 is 0. The maximum atomic E-state index is 5.58. The van der Waals surface area contributed by atoms with E-state index in [1.54, 1.807) is 14.2 Å². The molecule has 164 valence electrons. The molecule has 0 aliphatic heterocycles. The van der Waals surface area contributed by atoms with Crippen LogP contribution in [0.25, 0.3) is 21.8 Å². The molecular weight excluding hydrogens is 396 g/mol. The van der Waals surface area contributed by atoms with Gasteiger partial charge in [-0.05, 0) is 72.2 Å². The van der Waals surface area contributed by atoms with E-state index in [0.717, 1.165) is 23.4 Å². The number of ether oxygens (including phenoxy) is 2. The summed E-state index contributed by atoms with van der Waals surface area (Å²) in [4.78, 5) is 7.36. The molecule has 32 heavy (non-hydrogen) atoms. The van der Waals surface area contributed by atoms with Gasteiger partial charge in [-0.1, -0.05) is 25.5 Å². The van der Waals surface area contributed by atoms with Crippen molar-refractivity contribution < 1.29 is 9.47 Å². The minimum atomic E-state index is 0.182. The molecule has 0 radical (unpaired) electrons. The first-order valence-corrected chi connectivity index (χ1v) is 11.4. The van der Waals surface area contributed by atoms with Crippen LogP contribution in [0.5, 0.6) is 11.5 Å². The smallest absolute Gasteiger partial charge is 0.119 e. The Balaban J connectivity index is 1.65. The molecule has 2 aliphatic carbocycles. The van der Waals surface area contributed by atoms with Crippen molar-refractivity contribution >= 4 is 21.8 Å². The number of hydrogen-bond donors (Lipinski definition) is 2. The Labute approximate surface area is 188 Å². The van der Waals surface area contributed by atoms with Crippen molar-refractivity contribution in [1.29, 1.82) is 0 Å². The lowest BCUT2D eigenvalue weighted by Crippen LogP contribution is -2.33. The SMILES string of the molecule is COc1ccc2[nH]cc([C@H]3c4[nH]c5ccc(OC)cc5c4[C@@H]4C=C(C)CC(C)(C)[C@H]34)c2c1. The van der Waals surface area contributed by atoms with Crippen LogP contribution in [0.2, 0.25) is 0 Å². The van der Waals surface area contributed by atoms with Crippen molar-refractivity contribution in [2.24, 2.45) is 11.3 Å². The van der Waals surface area contributed by atoms with Gasteiger partial charge in [0.05, 0.1) is 14.2 Å². The van der Waals surface area contributed by atoms with E-state index in [1.165, 1.54) is 38.7 Å². The number of nitrogens with one attached hydrogen (secondary N) is 2. The average molecular weight is 427 g/mol. The Bertz CT molecular complexity index is 1390. The second-order valence-corrected chi connectivity index (χ2v) is 10.2. The standard InChI is InChI=1S/C28H30N2O2/c1-15-10-20-24-19-12-17(32-5)7-9-23(19)30-27(24)25(26(20)28(2,3)13-15)21-14-29-22-8-6-16(31-4)11-18(21)22/h6-12,14,20,25-26,29-30H,13H2,1-5H3/t20-,25+,26-/m0/s1. The van der Waals surface area contributed by atoms with Gasteiger partial charge in [0.15, 0.2) is 0 Å². The molecule has 0 fully saturated rings. The number of fused-ring (bicyclic) bond motifs is 6. The molecule has 0 unspecified atom stereocenters. The maximum absolute atomic E-state index is 5.58. The predicted octanol–water partition coefficient (Wildman–Crippen LogP) is 6.89. The second kappa shape index (κ2) is 6.68. The lowest BCUT2D eigenvalue weighted by Gasteiger charge is -2.43. The average Bonchev–Trinajstić information content (AvgIpc) is 3.43. The first-order chi connectivity index (χ1) is 15.4. The number of methoxy groups -OCH3 is 2. The van der Waals surface area contributed by atoms with E-state index in [-0.39, 0.29) is 11.3 Å². The highest BCUT2D eigenvalue weighted by Crippen LogP contribution is 2.62. The van der Waals surface area contributed by atoms with Gasteiger partial charge in [-0.2, -0.15) is 0 Å². The van der Waals surface area contributed by atoms with Gasteiger partial charge >= 0.3 is 0 Å². The Morgan fingerprint density at radius 3 is 2.34 bits per heavy atom. The van der Waals surface area contributed by atoms with Crippen molar-refractivity contribution in [2.45, 2.75) is 39.0 Å². The van der Waals surface area contributed by atoms with E-state index in [4.69, 9.17) is 9.47 Å². The van der Waals surface area contributed by atoms with Gasteiger partial charge in [0.25, 0.3) is 0 Å². The zero-order valence-electron chi connectivity index (χ0n) is 19.4. The van der Waals surface area contributed by atoms with Gasteiger partial charge < -0.3 is 19.4 Å². The van der Waals surface area contributed by atoms with Crippen LogP contribution in [-0.4, -0.2) is 24.2 Å². The fraction of sp³-hybridized carbons (Fsp3) is 0.357. The summed E-state index contributed by atoms with van der Waals surface area (Å²) in [5, 5.41) is 2.54. The predicted molar refractivity (Wildman–Crippen MR) is 130 cm³/mol. The van der Waals surface area contributed by atoms with Crippen LogP contribution >= 0.6 is 0 Å². The van der Waals surface area contributed by atoms with Crippen LogP contribution < -0.4 is 9.47 Å². The van der Waals surface area contributed by atoms with Gasteiger partial charge in [-0.15, -0.1) is 0 Å². The van der Waals surface area contributed by atoms with E-state index in [1.807, 2.05) is 12.1 Å². The van der Waals surface area contributed by atoms with Crippen LogP contribution in [0, 0.1) is 11.3 Å². The molecule has 2 aliphatic rings. The van der Waals surface area contributed by atoms with Crippen molar-refractivity contribution in [3.8, 4) is 11.5 Å². The Morgan fingerprint density at radius 2 is 1.62 bits per heavy atom. The first-order valence-electron chi connectivity index (χ1n) is 11.4. The van der Waals surface area contributed by atoms with E-state index in [2.05, 4.69) is 67.3 Å². The van der Waals surface area contributed by atoms with E-state index in [9.17, 15) is 0 Å². The van der Waals surface area contributed by atoms with Gasteiger partial charge in [0.1, 0.15) is 11.5 Å². The molecule has 3 atom stereocenters. The van der Waals surface area contributed by atoms with Crippen molar-refractivity contribution in [2.75, 3.05) is 14.2 Å². The number of rotatable bonds is 3. The van der Waals surface area contributed by atoms with Gasteiger partial charge in [-0.3, -0.25) is 0 Å². The van der Waals surface area contributed by atoms with Gasteiger partial charge in [-0.25, -0.2) is 0 Å². The van der Waals surface area contributed by atoms with Crippen LogP contribution in [0.1, 0.15) is 55.8 Å². The molecule has 0 spiro atoms. The summed E-state index contributed by atoms with van der Waals surface area (Å²) in [5.41, 5.74) is 8.16. The highest BCUT2D eigenvalue weighted by molar-refractivity contribution is 5.91. The van der Waals surface area contributed by atoms with Crippen molar-refractivity contribution in [3.63, 3.8) is 0 Å². The molecule has 2 heterocycles. The fourth-order valence-corrected chi connectivity index (χ4v) is 6.69. The van der Waals surface area contributed by atoms with Gasteiger partial charge in [0.2, 0.25) is 0 Å². The third-order valence-electron chi connectivity index (χ3n) is 7.82. The Hall–Kier alpha value is -3.14. The summed E-state index contributed by atoms with van der Waals surface area (Å²) in [6, 6.07) is 12.7. The quantitative estimate of drug-likeness (QED) is 0.351. The second-order valence-electron chi connectivity index (χ2n) is 10.2. The van der Waals surface area contributed by atoms with Crippen molar-refractivity contribution in [1.82, 2.24) is 9.97 Å². The molecule has 2 aromatic carbocycles. The summed E-state index contributed by atoms with van der Waals surface area (Å²) in [6.45, 7) is 7.17. The number of hydrogen-bond acceptors (Lipinski definition) is 2. The number of H-pyrrole nitrogens is 2.